The molecular weight excluding hydrogens is 332 g/mol. The third-order valence-corrected chi connectivity index (χ3v) is 5.41. The highest BCUT2D eigenvalue weighted by molar-refractivity contribution is 4.73. The molecule has 0 saturated heterocycles. The zero-order valence-corrected chi connectivity index (χ0v) is 18.2. The first kappa shape index (κ1) is 24.2. The topological polar surface area (TPSA) is 27.1 Å². The molecule has 0 spiro atoms. The number of nitrogens with zero attached hydrogens (tertiary/aromatic N) is 2. The van der Waals surface area contributed by atoms with E-state index in [1.807, 2.05) is 12.5 Å². The van der Waals surface area contributed by atoms with Crippen molar-refractivity contribution in [1.82, 2.24) is 9.55 Å². The van der Waals surface area contributed by atoms with Crippen molar-refractivity contribution in [2.75, 3.05) is 13.2 Å². The summed E-state index contributed by atoms with van der Waals surface area (Å²) in [4.78, 5) is 4.08. The summed E-state index contributed by atoms with van der Waals surface area (Å²) in [6.07, 6.45) is 29.2. The molecule has 3 nitrogen and oxygen atoms in total. The van der Waals surface area contributed by atoms with Gasteiger partial charge in [0.05, 0.1) is 6.33 Å². The van der Waals surface area contributed by atoms with Crippen molar-refractivity contribution >= 4 is 0 Å². The van der Waals surface area contributed by atoms with Gasteiger partial charge < -0.3 is 9.30 Å². The van der Waals surface area contributed by atoms with Crippen LogP contribution in [-0.2, 0) is 11.3 Å². The van der Waals surface area contributed by atoms with Crippen LogP contribution >= 0.6 is 0 Å². The molecule has 1 heterocycles. The zero-order valence-electron chi connectivity index (χ0n) is 18.2. The highest BCUT2D eigenvalue weighted by Crippen LogP contribution is 2.13. The van der Waals surface area contributed by atoms with Crippen LogP contribution in [0.2, 0.25) is 0 Å². The summed E-state index contributed by atoms with van der Waals surface area (Å²) in [6, 6.07) is 0. The summed E-state index contributed by atoms with van der Waals surface area (Å²) in [5, 5.41) is 0. The Hall–Kier alpha value is -0.830. The number of unbranched alkanes of at least 4 members (excludes halogenated alkanes) is 15. The van der Waals surface area contributed by atoms with E-state index in [9.17, 15) is 0 Å². The van der Waals surface area contributed by atoms with Gasteiger partial charge in [0.1, 0.15) is 0 Å². The molecule has 1 rings (SSSR count). The molecule has 0 fully saturated rings. The van der Waals surface area contributed by atoms with Crippen molar-refractivity contribution in [1.29, 1.82) is 0 Å². The van der Waals surface area contributed by atoms with Gasteiger partial charge in [0.25, 0.3) is 0 Å². The van der Waals surface area contributed by atoms with E-state index in [-0.39, 0.29) is 0 Å². The first-order chi connectivity index (χ1) is 13.4. The summed E-state index contributed by atoms with van der Waals surface area (Å²) >= 11 is 0. The van der Waals surface area contributed by atoms with E-state index >= 15 is 0 Å². The zero-order chi connectivity index (χ0) is 19.3. The number of rotatable bonds is 21. The standard InChI is InChI=1S/C24H46N2O/c1-2-3-17-22-27-23-18-15-13-11-9-7-5-4-6-8-10-12-14-16-20-26-21-19-25-24-26/h19,21,24H,2-18,20,22-23H2,1H3. The molecule has 0 radical (unpaired) electrons. The first-order valence-corrected chi connectivity index (χ1v) is 12.0. The Morgan fingerprint density at radius 2 is 1.11 bits per heavy atom. The summed E-state index contributed by atoms with van der Waals surface area (Å²) < 4.78 is 7.85. The molecule has 0 aliphatic carbocycles. The molecule has 1 aromatic rings. The average molecular weight is 379 g/mol. The second kappa shape index (κ2) is 19.9. The Labute approximate surface area is 169 Å². The highest BCUT2D eigenvalue weighted by Gasteiger charge is 1.95. The van der Waals surface area contributed by atoms with Crippen molar-refractivity contribution in [3.8, 4) is 0 Å². The van der Waals surface area contributed by atoms with Gasteiger partial charge in [-0.3, -0.25) is 0 Å². The molecule has 158 valence electrons. The fraction of sp³-hybridized carbons (Fsp3) is 0.875. The molecule has 0 N–H and O–H groups in total. The van der Waals surface area contributed by atoms with Crippen LogP contribution in [0.1, 0.15) is 116 Å². The number of hydrogen-bond donors (Lipinski definition) is 0. The molecule has 0 atom stereocenters. The smallest absolute Gasteiger partial charge is 0.0945 e. The van der Waals surface area contributed by atoms with Crippen molar-refractivity contribution in [3.63, 3.8) is 0 Å². The normalized spacial score (nSPS) is 11.3. The maximum atomic E-state index is 5.66. The van der Waals surface area contributed by atoms with Crippen LogP contribution in [0.5, 0.6) is 0 Å². The van der Waals surface area contributed by atoms with E-state index in [4.69, 9.17) is 4.74 Å². The Bertz CT molecular complexity index is 378. The average Bonchev–Trinajstić information content (AvgIpc) is 3.20. The number of aromatic nitrogens is 2. The molecule has 0 amide bonds. The Morgan fingerprint density at radius 3 is 1.59 bits per heavy atom. The van der Waals surface area contributed by atoms with Crippen molar-refractivity contribution in [2.24, 2.45) is 0 Å². The van der Waals surface area contributed by atoms with Gasteiger partial charge in [-0.1, -0.05) is 96.8 Å². The molecule has 1 aromatic heterocycles. The molecule has 27 heavy (non-hydrogen) atoms. The second-order valence-corrected chi connectivity index (χ2v) is 8.07. The van der Waals surface area contributed by atoms with E-state index in [2.05, 4.69) is 22.7 Å². The quantitative estimate of drug-likeness (QED) is 0.206. The van der Waals surface area contributed by atoms with Crippen LogP contribution in [0.25, 0.3) is 0 Å². The van der Waals surface area contributed by atoms with Crippen LogP contribution in [-0.4, -0.2) is 22.8 Å². The minimum atomic E-state index is 0.972. The highest BCUT2D eigenvalue weighted by atomic mass is 16.5. The first-order valence-electron chi connectivity index (χ1n) is 12.0. The second-order valence-electron chi connectivity index (χ2n) is 8.07. The minimum Gasteiger partial charge on any atom is -0.381 e. The molecule has 0 unspecified atom stereocenters. The van der Waals surface area contributed by atoms with E-state index < -0.39 is 0 Å². The van der Waals surface area contributed by atoms with E-state index in [1.165, 1.54) is 109 Å². The van der Waals surface area contributed by atoms with Crippen molar-refractivity contribution in [2.45, 2.75) is 123 Å². The molecule has 0 bridgehead atoms. The fourth-order valence-corrected chi connectivity index (χ4v) is 3.60. The molecule has 3 heteroatoms. The summed E-state index contributed by atoms with van der Waals surface area (Å²) in [5.74, 6) is 0. The van der Waals surface area contributed by atoms with Crippen LogP contribution in [0.4, 0.5) is 0 Å². The van der Waals surface area contributed by atoms with E-state index in [0.717, 1.165) is 19.8 Å². The van der Waals surface area contributed by atoms with E-state index in [1.54, 1.807) is 0 Å². The van der Waals surface area contributed by atoms with Gasteiger partial charge in [0.15, 0.2) is 0 Å². The number of imidazole rings is 1. The van der Waals surface area contributed by atoms with Crippen molar-refractivity contribution in [3.05, 3.63) is 18.7 Å². The minimum absolute atomic E-state index is 0.972. The molecule has 0 aliphatic rings. The van der Waals surface area contributed by atoms with Crippen LogP contribution in [0, 0.1) is 0 Å². The van der Waals surface area contributed by atoms with Gasteiger partial charge in [-0.05, 0) is 19.3 Å². The molecule has 0 aliphatic heterocycles. The summed E-state index contributed by atoms with van der Waals surface area (Å²) in [5.41, 5.74) is 0. The van der Waals surface area contributed by atoms with Gasteiger partial charge in [0, 0.05) is 32.2 Å². The largest absolute Gasteiger partial charge is 0.381 e. The van der Waals surface area contributed by atoms with E-state index in [0.29, 0.717) is 0 Å². The van der Waals surface area contributed by atoms with Crippen LogP contribution in [0.15, 0.2) is 18.7 Å². The SMILES string of the molecule is CCCCCOCCCCCCCCCCCCCCCCn1ccnc1. The lowest BCUT2D eigenvalue weighted by Gasteiger charge is -2.05. The van der Waals surface area contributed by atoms with Gasteiger partial charge in [-0.15, -0.1) is 0 Å². The maximum absolute atomic E-state index is 5.66. The molecular formula is C24H46N2O. The predicted octanol–water partition coefficient (Wildman–Crippen LogP) is 7.55. The third-order valence-electron chi connectivity index (χ3n) is 5.41. The third kappa shape index (κ3) is 17.0. The monoisotopic (exact) mass is 378 g/mol. The lowest BCUT2D eigenvalue weighted by atomic mass is 10.0. The van der Waals surface area contributed by atoms with Crippen LogP contribution in [0.3, 0.4) is 0 Å². The lowest BCUT2D eigenvalue weighted by Crippen LogP contribution is -1.96. The van der Waals surface area contributed by atoms with Gasteiger partial charge in [0.2, 0.25) is 0 Å². The molecule has 0 saturated carbocycles. The predicted molar refractivity (Wildman–Crippen MR) is 117 cm³/mol. The Kier molecular flexibility index (Phi) is 17.9. The number of hydrogen-bond acceptors (Lipinski definition) is 2. The van der Waals surface area contributed by atoms with Crippen molar-refractivity contribution < 1.29 is 4.74 Å². The Balaban J connectivity index is 1.64. The van der Waals surface area contributed by atoms with Crippen LogP contribution < -0.4 is 0 Å². The van der Waals surface area contributed by atoms with Gasteiger partial charge in [-0.25, -0.2) is 4.98 Å². The van der Waals surface area contributed by atoms with Gasteiger partial charge in [-0.2, -0.15) is 0 Å². The summed E-state index contributed by atoms with van der Waals surface area (Å²) in [7, 11) is 0. The Morgan fingerprint density at radius 1 is 0.630 bits per heavy atom. The molecule has 0 aromatic carbocycles. The maximum Gasteiger partial charge on any atom is 0.0945 e. The number of aryl methyl sites for hydroxylation is 1. The lowest BCUT2D eigenvalue weighted by molar-refractivity contribution is 0.126. The number of ether oxygens (including phenoxy) is 1. The van der Waals surface area contributed by atoms with Gasteiger partial charge >= 0.3 is 0 Å². The summed E-state index contributed by atoms with van der Waals surface area (Å²) in [6.45, 7) is 5.33. The fourth-order valence-electron chi connectivity index (χ4n) is 3.60.